The van der Waals surface area contributed by atoms with Crippen molar-refractivity contribution in [1.29, 1.82) is 0 Å². The van der Waals surface area contributed by atoms with E-state index in [1.54, 1.807) is 6.20 Å². The number of rotatable bonds is 4. The van der Waals surface area contributed by atoms with Crippen LogP contribution in [-0.4, -0.2) is 28.8 Å². The van der Waals surface area contributed by atoms with E-state index in [4.69, 9.17) is 5.73 Å². The lowest BCUT2D eigenvalue weighted by Crippen LogP contribution is -2.39. The molecule has 1 fully saturated rings. The number of halogens is 1. The Morgan fingerprint density at radius 2 is 2.39 bits per heavy atom. The average molecular weight is 312 g/mol. The molecule has 0 aliphatic carbocycles. The molecule has 1 aliphatic rings. The van der Waals surface area contributed by atoms with Crippen molar-refractivity contribution in [3.63, 3.8) is 0 Å². The molecule has 1 aliphatic heterocycles. The summed E-state index contributed by atoms with van der Waals surface area (Å²) in [4.78, 5) is 17.2. The number of likely N-dealkylation sites (tertiary alicyclic amines) is 1. The number of hydrogen-bond acceptors (Lipinski definition) is 4. The van der Waals surface area contributed by atoms with E-state index >= 15 is 0 Å². The summed E-state index contributed by atoms with van der Waals surface area (Å²) in [7, 11) is 0. The number of anilines is 1. The van der Waals surface area contributed by atoms with Gasteiger partial charge < -0.3 is 10.5 Å². The van der Waals surface area contributed by atoms with Gasteiger partial charge in [-0.25, -0.2) is 4.98 Å². The topological polar surface area (TPSA) is 59.2 Å². The maximum atomic E-state index is 10.7. The van der Waals surface area contributed by atoms with E-state index in [0.29, 0.717) is 18.3 Å². The maximum absolute atomic E-state index is 10.7. The van der Waals surface area contributed by atoms with Gasteiger partial charge in [0.2, 0.25) is 0 Å². The molecule has 4 nitrogen and oxygen atoms in total. The van der Waals surface area contributed by atoms with Crippen LogP contribution < -0.4 is 5.73 Å². The van der Waals surface area contributed by atoms with Gasteiger partial charge in [0, 0.05) is 35.2 Å². The second-order valence-electron chi connectivity index (χ2n) is 4.72. The number of nitrogens with two attached hydrogens (primary N) is 1. The number of aldehydes is 1. The SMILES string of the molecule is Nc1ncc(Br)cc1CN1CCCCC1CC=O. The van der Waals surface area contributed by atoms with Gasteiger partial charge >= 0.3 is 0 Å². The predicted molar refractivity (Wildman–Crippen MR) is 75.1 cm³/mol. The van der Waals surface area contributed by atoms with Gasteiger partial charge in [-0.3, -0.25) is 4.90 Å². The fraction of sp³-hybridized carbons (Fsp3) is 0.538. The first kappa shape index (κ1) is 13.5. The number of nitrogen functional groups attached to an aromatic ring is 1. The Morgan fingerprint density at radius 3 is 3.17 bits per heavy atom. The summed E-state index contributed by atoms with van der Waals surface area (Å²) >= 11 is 3.41. The molecular formula is C13H18BrN3O. The van der Waals surface area contributed by atoms with Crippen LogP contribution in [0.5, 0.6) is 0 Å². The molecule has 2 rings (SSSR count). The van der Waals surface area contributed by atoms with E-state index < -0.39 is 0 Å². The fourth-order valence-electron chi connectivity index (χ4n) is 2.48. The standard InChI is InChI=1S/C13H18BrN3O/c14-11-7-10(13(15)16-8-11)9-17-5-2-1-3-12(17)4-6-18/h6-8,12H,1-5,9H2,(H2,15,16). The first-order valence-electron chi connectivity index (χ1n) is 6.28. The van der Waals surface area contributed by atoms with Gasteiger partial charge in [0.25, 0.3) is 0 Å². The highest BCUT2D eigenvalue weighted by atomic mass is 79.9. The maximum Gasteiger partial charge on any atom is 0.127 e. The Bertz CT molecular complexity index is 425. The first-order chi connectivity index (χ1) is 8.70. The van der Waals surface area contributed by atoms with Crippen LogP contribution in [0.25, 0.3) is 0 Å². The molecule has 1 aromatic heterocycles. The molecule has 0 aromatic carbocycles. The molecule has 1 unspecified atom stereocenters. The Balaban J connectivity index is 2.10. The minimum absolute atomic E-state index is 0.356. The van der Waals surface area contributed by atoms with E-state index in [1.807, 2.05) is 6.07 Å². The minimum atomic E-state index is 0.356. The summed E-state index contributed by atoms with van der Waals surface area (Å²) in [5.41, 5.74) is 6.93. The summed E-state index contributed by atoms with van der Waals surface area (Å²) in [6, 6.07) is 2.36. The lowest BCUT2D eigenvalue weighted by Gasteiger charge is -2.34. The van der Waals surface area contributed by atoms with Gasteiger partial charge in [-0.1, -0.05) is 6.42 Å². The normalized spacial score (nSPS) is 20.8. The zero-order valence-electron chi connectivity index (χ0n) is 10.3. The number of aromatic nitrogens is 1. The van der Waals surface area contributed by atoms with Crippen LogP contribution in [0.4, 0.5) is 5.82 Å². The van der Waals surface area contributed by atoms with Crippen molar-refractivity contribution in [2.45, 2.75) is 38.3 Å². The number of nitrogens with zero attached hydrogens (tertiary/aromatic N) is 2. The Morgan fingerprint density at radius 1 is 1.56 bits per heavy atom. The van der Waals surface area contributed by atoms with Gasteiger partial charge in [-0.05, 0) is 41.4 Å². The lowest BCUT2D eigenvalue weighted by molar-refractivity contribution is -0.109. The summed E-state index contributed by atoms with van der Waals surface area (Å²) in [5.74, 6) is 0.577. The van der Waals surface area contributed by atoms with Crippen LogP contribution in [0.15, 0.2) is 16.7 Å². The minimum Gasteiger partial charge on any atom is -0.383 e. The van der Waals surface area contributed by atoms with E-state index in [1.165, 1.54) is 12.8 Å². The zero-order chi connectivity index (χ0) is 13.0. The van der Waals surface area contributed by atoms with Gasteiger partial charge in [-0.15, -0.1) is 0 Å². The van der Waals surface area contributed by atoms with Crippen molar-refractivity contribution in [2.75, 3.05) is 12.3 Å². The van der Waals surface area contributed by atoms with Crippen molar-refractivity contribution in [1.82, 2.24) is 9.88 Å². The average Bonchev–Trinajstić information content (AvgIpc) is 2.36. The van der Waals surface area contributed by atoms with Crippen molar-refractivity contribution in [2.24, 2.45) is 0 Å². The summed E-state index contributed by atoms with van der Waals surface area (Å²) < 4.78 is 0.940. The quantitative estimate of drug-likeness (QED) is 0.867. The second kappa shape index (κ2) is 6.29. The number of pyridine rings is 1. The summed E-state index contributed by atoms with van der Waals surface area (Å²) in [6.07, 6.45) is 6.84. The number of carbonyl (C=O) groups excluding carboxylic acids is 1. The molecule has 18 heavy (non-hydrogen) atoms. The van der Waals surface area contributed by atoms with Gasteiger partial charge in [-0.2, -0.15) is 0 Å². The third-order valence-corrected chi connectivity index (χ3v) is 3.89. The first-order valence-corrected chi connectivity index (χ1v) is 7.07. The molecule has 98 valence electrons. The van der Waals surface area contributed by atoms with Crippen molar-refractivity contribution in [3.05, 3.63) is 22.3 Å². The van der Waals surface area contributed by atoms with E-state index in [-0.39, 0.29) is 0 Å². The van der Waals surface area contributed by atoms with Crippen LogP contribution >= 0.6 is 15.9 Å². The van der Waals surface area contributed by atoms with Crippen LogP contribution in [0.3, 0.4) is 0 Å². The van der Waals surface area contributed by atoms with Gasteiger partial charge in [0.15, 0.2) is 0 Å². The van der Waals surface area contributed by atoms with Crippen molar-refractivity contribution in [3.8, 4) is 0 Å². The molecule has 0 bridgehead atoms. The highest BCUT2D eigenvalue weighted by Crippen LogP contribution is 2.24. The number of carbonyl (C=O) groups is 1. The van der Waals surface area contributed by atoms with Gasteiger partial charge in [0.1, 0.15) is 12.1 Å². The monoisotopic (exact) mass is 311 g/mol. The third kappa shape index (κ3) is 3.29. The molecule has 2 heterocycles. The van der Waals surface area contributed by atoms with Crippen molar-refractivity contribution < 1.29 is 4.79 Å². The number of hydrogen-bond donors (Lipinski definition) is 1. The Labute approximate surface area is 116 Å². The molecule has 1 atom stereocenters. The van der Waals surface area contributed by atoms with Crippen LogP contribution in [0.1, 0.15) is 31.2 Å². The van der Waals surface area contributed by atoms with E-state index in [0.717, 1.165) is 35.8 Å². The molecule has 1 saturated heterocycles. The zero-order valence-corrected chi connectivity index (χ0v) is 11.9. The Hall–Kier alpha value is -0.940. The number of piperidine rings is 1. The molecular weight excluding hydrogens is 294 g/mol. The smallest absolute Gasteiger partial charge is 0.127 e. The molecule has 0 radical (unpaired) electrons. The molecule has 5 heteroatoms. The summed E-state index contributed by atoms with van der Waals surface area (Å²) in [6.45, 7) is 1.81. The Kier molecular flexibility index (Phi) is 4.72. The van der Waals surface area contributed by atoms with Crippen LogP contribution in [-0.2, 0) is 11.3 Å². The third-order valence-electron chi connectivity index (χ3n) is 3.46. The lowest BCUT2D eigenvalue weighted by atomic mass is 9.99. The van der Waals surface area contributed by atoms with Crippen LogP contribution in [0, 0.1) is 0 Å². The predicted octanol–water partition coefficient (Wildman–Crippen LogP) is 2.37. The largest absolute Gasteiger partial charge is 0.383 e. The molecule has 0 amide bonds. The summed E-state index contributed by atoms with van der Waals surface area (Å²) in [5, 5.41) is 0. The van der Waals surface area contributed by atoms with E-state index in [9.17, 15) is 4.79 Å². The molecule has 1 aromatic rings. The molecule has 2 N–H and O–H groups in total. The second-order valence-corrected chi connectivity index (χ2v) is 5.64. The van der Waals surface area contributed by atoms with Crippen LogP contribution in [0.2, 0.25) is 0 Å². The van der Waals surface area contributed by atoms with Gasteiger partial charge in [0.05, 0.1) is 0 Å². The molecule has 0 spiro atoms. The highest BCUT2D eigenvalue weighted by molar-refractivity contribution is 9.10. The molecule has 0 saturated carbocycles. The van der Waals surface area contributed by atoms with Crippen molar-refractivity contribution >= 4 is 28.0 Å². The highest BCUT2D eigenvalue weighted by Gasteiger charge is 2.22. The fourth-order valence-corrected chi connectivity index (χ4v) is 2.86. The van der Waals surface area contributed by atoms with E-state index in [2.05, 4.69) is 25.8 Å².